The number of halogens is 2. The van der Waals surface area contributed by atoms with Gasteiger partial charge in [-0.1, -0.05) is 23.2 Å². The van der Waals surface area contributed by atoms with Gasteiger partial charge >= 0.3 is 6.01 Å². The molecule has 0 amide bonds. The summed E-state index contributed by atoms with van der Waals surface area (Å²) in [6.45, 7) is 0. The maximum atomic E-state index is 5.66. The molecule has 88 valence electrons. The minimum absolute atomic E-state index is 0.260. The standard InChI is InChI=1S/C9H6Cl2N4OS/c10-6-1-12-8(13-2-6)16-5-17-9-14-3-7(11)4-15-9/h1-4H,5H2. The van der Waals surface area contributed by atoms with Gasteiger partial charge < -0.3 is 4.74 Å². The van der Waals surface area contributed by atoms with Gasteiger partial charge in [-0.05, 0) is 11.8 Å². The van der Waals surface area contributed by atoms with E-state index in [4.69, 9.17) is 27.9 Å². The van der Waals surface area contributed by atoms with Crippen LogP contribution in [-0.4, -0.2) is 25.9 Å². The summed E-state index contributed by atoms with van der Waals surface area (Å²) in [7, 11) is 0. The van der Waals surface area contributed by atoms with Crippen molar-refractivity contribution in [2.24, 2.45) is 0 Å². The van der Waals surface area contributed by atoms with Crippen molar-refractivity contribution in [2.45, 2.75) is 5.16 Å². The summed E-state index contributed by atoms with van der Waals surface area (Å²) in [5.41, 5.74) is 0. The van der Waals surface area contributed by atoms with Gasteiger partial charge in [-0.3, -0.25) is 0 Å². The van der Waals surface area contributed by atoms with Crippen molar-refractivity contribution in [2.75, 3.05) is 5.94 Å². The van der Waals surface area contributed by atoms with Gasteiger partial charge in [0.05, 0.1) is 34.8 Å². The first-order chi connectivity index (χ1) is 8.24. The Kier molecular flexibility index (Phi) is 4.36. The molecule has 0 unspecified atom stereocenters. The van der Waals surface area contributed by atoms with E-state index >= 15 is 0 Å². The van der Waals surface area contributed by atoms with Crippen molar-refractivity contribution in [3.8, 4) is 6.01 Å². The van der Waals surface area contributed by atoms with Crippen LogP contribution in [0.15, 0.2) is 29.9 Å². The van der Waals surface area contributed by atoms with Crippen molar-refractivity contribution < 1.29 is 4.74 Å². The van der Waals surface area contributed by atoms with Crippen LogP contribution in [0.4, 0.5) is 0 Å². The largest absolute Gasteiger partial charge is 0.452 e. The van der Waals surface area contributed by atoms with E-state index in [1.54, 1.807) is 0 Å². The quantitative estimate of drug-likeness (QED) is 0.490. The monoisotopic (exact) mass is 288 g/mol. The zero-order valence-corrected chi connectivity index (χ0v) is 10.7. The SMILES string of the molecule is Clc1cnc(OCSc2ncc(Cl)cn2)nc1. The van der Waals surface area contributed by atoms with Crippen molar-refractivity contribution >= 4 is 35.0 Å². The zero-order chi connectivity index (χ0) is 12.1. The summed E-state index contributed by atoms with van der Waals surface area (Å²) in [5, 5.41) is 1.53. The number of ether oxygens (including phenoxy) is 1. The molecule has 0 radical (unpaired) electrons. The molecule has 2 aromatic rings. The molecule has 0 aliphatic rings. The van der Waals surface area contributed by atoms with Crippen LogP contribution < -0.4 is 4.74 Å². The average molecular weight is 289 g/mol. The van der Waals surface area contributed by atoms with Crippen LogP contribution in [0.2, 0.25) is 10.0 Å². The highest BCUT2D eigenvalue weighted by molar-refractivity contribution is 7.99. The van der Waals surface area contributed by atoms with Crippen LogP contribution in [0.1, 0.15) is 0 Å². The van der Waals surface area contributed by atoms with Crippen LogP contribution in [0.3, 0.4) is 0 Å². The Morgan fingerprint density at radius 3 is 2.06 bits per heavy atom. The Hall–Kier alpha value is -1.11. The van der Waals surface area contributed by atoms with E-state index in [-0.39, 0.29) is 6.01 Å². The molecule has 2 heterocycles. The fourth-order valence-corrected chi connectivity index (χ4v) is 1.60. The van der Waals surface area contributed by atoms with Crippen molar-refractivity contribution in [3.63, 3.8) is 0 Å². The van der Waals surface area contributed by atoms with Crippen molar-refractivity contribution in [3.05, 3.63) is 34.8 Å². The number of aromatic nitrogens is 4. The minimum Gasteiger partial charge on any atom is -0.452 e. The summed E-state index contributed by atoms with van der Waals surface area (Å²) in [4.78, 5) is 15.8. The van der Waals surface area contributed by atoms with E-state index in [1.165, 1.54) is 36.5 Å². The number of rotatable bonds is 4. The topological polar surface area (TPSA) is 60.8 Å². The van der Waals surface area contributed by atoms with Gasteiger partial charge in [0.25, 0.3) is 0 Å². The van der Waals surface area contributed by atoms with E-state index in [0.717, 1.165) is 0 Å². The molecule has 0 saturated carbocycles. The number of nitrogens with zero attached hydrogens (tertiary/aromatic N) is 4. The summed E-state index contributed by atoms with van der Waals surface area (Å²) < 4.78 is 5.26. The van der Waals surface area contributed by atoms with Crippen LogP contribution in [0, 0.1) is 0 Å². The Balaban J connectivity index is 1.83. The third-order valence-electron chi connectivity index (χ3n) is 1.57. The highest BCUT2D eigenvalue weighted by Crippen LogP contribution is 2.15. The predicted molar refractivity (Wildman–Crippen MR) is 65.4 cm³/mol. The molecular weight excluding hydrogens is 283 g/mol. The van der Waals surface area contributed by atoms with E-state index in [2.05, 4.69) is 19.9 Å². The third kappa shape index (κ3) is 3.99. The molecule has 0 saturated heterocycles. The molecule has 0 N–H and O–H groups in total. The molecule has 2 aromatic heterocycles. The van der Waals surface area contributed by atoms with Crippen LogP contribution in [-0.2, 0) is 0 Å². The van der Waals surface area contributed by atoms with E-state index in [1.807, 2.05) is 0 Å². The zero-order valence-electron chi connectivity index (χ0n) is 8.38. The lowest BCUT2D eigenvalue weighted by Crippen LogP contribution is -1.98. The van der Waals surface area contributed by atoms with Gasteiger partial charge in [0, 0.05) is 0 Å². The van der Waals surface area contributed by atoms with Crippen LogP contribution >= 0.6 is 35.0 Å². The molecule has 17 heavy (non-hydrogen) atoms. The van der Waals surface area contributed by atoms with E-state index < -0.39 is 0 Å². The molecule has 0 aliphatic heterocycles. The fraction of sp³-hybridized carbons (Fsp3) is 0.111. The summed E-state index contributed by atoms with van der Waals surface area (Å²) in [6, 6.07) is 0.260. The molecule has 5 nitrogen and oxygen atoms in total. The molecule has 8 heteroatoms. The molecular formula is C9H6Cl2N4OS. The molecule has 2 rings (SSSR count). The van der Waals surface area contributed by atoms with Gasteiger partial charge in [-0.2, -0.15) is 0 Å². The Bertz CT molecular complexity index is 434. The molecule has 0 spiro atoms. The molecule has 0 aliphatic carbocycles. The van der Waals surface area contributed by atoms with Gasteiger partial charge in [-0.25, -0.2) is 19.9 Å². The van der Waals surface area contributed by atoms with Gasteiger partial charge in [-0.15, -0.1) is 0 Å². The van der Waals surface area contributed by atoms with Crippen molar-refractivity contribution in [1.82, 2.24) is 19.9 Å². The number of hydrogen-bond donors (Lipinski definition) is 0. The maximum absolute atomic E-state index is 5.66. The van der Waals surface area contributed by atoms with Crippen LogP contribution in [0.25, 0.3) is 0 Å². The summed E-state index contributed by atoms with van der Waals surface area (Å²) in [5.74, 6) is 0.309. The lowest BCUT2D eigenvalue weighted by molar-refractivity contribution is 0.359. The summed E-state index contributed by atoms with van der Waals surface area (Å²) in [6.07, 6.45) is 5.98. The fourth-order valence-electron chi connectivity index (χ4n) is 0.885. The Morgan fingerprint density at radius 2 is 1.47 bits per heavy atom. The van der Waals surface area contributed by atoms with E-state index in [0.29, 0.717) is 21.1 Å². The summed E-state index contributed by atoms with van der Waals surface area (Å²) >= 11 is 12.6. The Morgan fingerprint density at radius 1 is 0.941 bits per heavy atom. The predicted octanol–water partition coefficient (Wildman–Crippen LogP) is 2.70. The van der Waals surface area contributed by atoms with Gasteiger partial charge in [0.15, 0.2) is 5.16 Å². The lowest BCUT2D eigenvalue weighted by atomic mass is 10.7. The first-order valence-electron chi connectivity index (χ1n) is 4.45. The highest BCUT2D eigenvalue weighted by atomic mass is 35.5. The lowest BCUT2D eigenvalue weighted by Gasteiger charge is -2.02. The molecule has 0 atom stereocenters. The maximum Gasteiger partial charge on any atom is 0.317 e. The Labute approximate surface area is 112 Å². The molecule has 0 bridgehead atoms. The number of hydrogen-bond acceptors (Lipinski definition) is 6. The molecule has 0 fully saturated rings. The molecule has 0 aromatic carbocycles. The third-order valence-corrected chi connectivity index (χ3v) is 2.66. The van der Waals surface area contributed by atoms with Gasteiger partial charge in [0.2, 0.25) is 0 Å². The second kappa shape index (κ2) is 6.00. The smallest absolute Gasteiger partial charge is 0.317 e. The minimum atomic E-state index is 0.260. The first kappa shape index (κ1) is 12.3. The normalized spacial score (nSPS) is 10.2. The van der Waals surface area contributed by atoms with Gasteiger partial charge in [0.1, 0.15) is 5.94 Å². The highest BCUT2D eigenvalue weighted by Gasteiger charge is 2.00. The van der Waals surface area contributed by atoms with Crippen LogP contribution in [0.5, 0.6) is 6.01 Å². The van der Waals surface area contributed by atoms with E-state index in [9.17, 15) is 0 Å². The number of thioether (sulfide) groups is 1. The first-order valence-corrected chi connectivity index (χ1v) is 6.19. The second-order valence-corrected chi connectivity index (χ2v) is 4.54. The second-order valence-electron chi connectivity index (χ2n) is 2.77. The average Bonchev–Trinajstić information content (AvgIpc) is 2.34. The van der Waals surface area contributed by atoms with Crippen molar-refractivity contribution in [1.29, 1.82) is 0 Å².